The predicted molar refractivity (Wildman–Crippen MR) is 37.8 cm³/mol. The maximum absolute atomic E-state index is 11.0. The van der Waals surface area contributed by atoms with Gasteiger partial charge in [0.05, 0.1) is 12.0 Å². The van der Waals surface area contributed by atoms with Crippen molar-refractivity contribution in [2.45, 2.75) is 12.5 Å². The zero-order chi connectivity index (χ0) is 8.72. The lowest BCUT2D eigenvalue weighted by Gasteiger charge is -2.09. The van der Waals surface area contributed by atoms with E-state index in [0.717, 1.165) is 0 Å². The normalized spacial score (nSPS) is 33.1. The molecule has 0 aromatic heterocycles. The zero-order valence-corrected chi connectivity index (χ0v) is 6.28. The standard InChI is InChI=1S/C7H7N3O2/c8-2-4-1-5-6(11)9-7(12)10(5)3-4/h4-5H,1,3H2,(H,9,11,12). The van der Waals surface area contributed by atoms with Crippen LogP contribution in [0.15, 0.2) is 0 Å². The summed E-state index contributed by atoms with van der Waals surface area (Å²) >= 11 is 0. The lowest BCUT2D eigenvalue weighted by atomic mass is 10.1. The molecule has 3 amide bonds. The number of nitrogens with zero attached hydrogens (tertiary/aromatic N) is 2. The molecule has 5 heteroatoms. The van der Waals surface area contributed by atoms with Crippen molar-refractivity contribution in [2.24, 2.45) is 5.92 Å². The fourth-order valence-corrected chi connectivity index (χ4v) is 1.66. The maximum atomic E-state index is 11.0. The number of amides is 3. The van der Waals surface area contributed by atoms with Crippen LogP contribution in [0.2, 0.25) is 0 Å². The quantitative estimate of drug-likeness (QED) is 0.489. The summed E-state index contributed by atoms with van der Waals surface area (Å²) in [5.74, 6) is -0.442. The van der Waals surface area contributed by atoms with E-state index in [1.165, 1.54) is 4.90 Å². The summed E-state index contributed by atoms with van der Waals surface area (Å²) in [6.07, 6.45) is 0.480. The van der Waals surface area contributed by atoms with Crippen molar-refractivity contribution in [1.82, 2.24) is 10.2 Å². The molecule has 2 fully saturated rings. The number of carbonyl (C=O) groups is 2. The Hall–Kier alpha value is -1.57. The molecule has 2 rings (SSSR count). The number of nitriles is 1. The predicted octanol–water partition coefficient (Wildman–Crippen LogP) is -0.550. The first-order valence-electron chi connectivity index (χ1n) is 3.73. The van der Waals surface area contributed by atoms with Crippen molar-refractivity contribution >= 4 is 11.9 Å². The molecule has 2 atom stereocenters. The van der Waals surface area contributed by atoms with Crippen LogP contribution in [0.4, 0.5) is 4.79 Å². The molecule has 0 spiro atoms. The summed E-state index contributed by atoms with van der Waals surface area (Å²) in [6, 6.07) is 1.31. The number of rotatable bonds is 0. The highest BCUT2D eigenvalue weighted by Crippen LogP contribution is 2.25. The van der Waals surface area contributed by atoms with E-state index in [0.29, 0.717) is 13.0 Å². The van der Waals surface area contributed by atoms with Gasteiger partial charge in [-0.05, 0) is 6.42 Å². The number of nitrogens with one attached hydrogen (secondary N) is 1. The Morgan fingerprint density at radius 3 is 2.92 bits per heavy atom. The first kappa shape index (κ1) is 7.10. The van der Waals surface area contributed by atoms with Crippen molar-refractivity contribution < 1.29 is 9.59 Å². The van der Waals surface area contributed by atoms with Gasteiger partial charge in [-0.25, -0.2) is 4.79 Å². The van der Waals surface area contributed by atoms with Gasteiger partial charge in [0.1, 0.15) is 6.04 Å². The van der Waals surface area contributed by atoms with E-state index in [1.807, 2.05) is 0 Å². The van der Waals surface area contributed by atoms with Crippen LogP contribution in [0.3, 0.4) is 0 Å². The second-order valence-corrected chi connectivity index (χ2v) is 3.02. The smallest absolute Gasteiger partial charge is 0.311 e. The Kier molecular flexibility index (Phi) is 1.30. The Bertz CT molecular complexity index is 272. The van der Waals surface area contributed by atoms with Crippen LogP contribution in [-0.2, 0) is 4.79 Å². The lowest BCUT2D eigenvalue weighted by Crippen LogP contribution is -2.29. The minimum atomic E-state index is -0.387. The van der Waals surface area contributed by atoms with E-state index >= 15 is 0 Å². The third-order valence-electron chi connectivity index (χ3n) is 2.28. The van der Waals surface area contributed by atoms with Crippen molar-refractivity contribution in [3.63, 3.8) is 0 Å². The highest BCUT2D eigenvalue weighted by Gasteiger charge is 2.45. The van der Waals surface area contributed by atoms with Crippen LogP contribution in [0.5, 0.6) is 0 Å². The van der Waals surface area contributed by atoms with Gasteiger partial charge >= 0.3 is 6.03 Å². The molecule has 12 heavy (non-hydrogen) atoms. The SMILES string of the molecule is N#CC1CC2C(=O)NC(=O)N2C1. The molecule has 0 aromatic carbocycles. The van der Waals surface area contributed by atoms with Gasteiger partial charge in [0.2, 0.25) is 0 Å². The van der Waals surface area contributed by atoms with Crippen LogP contribution in [-0.4, -0.2) is 29.4 Å². The summed E-state index contributed by atoms with van der Waals surface area (Å²) in [5, 5.41) is 10.8. The fraction of sp³-hybridized carbons (Fsp3) is 0.571. The van der Waals surface area contributed by atoms with Gasteiger partial charge in [0.25, 0.3) is 5.91 Å². The van der Waals surface area contributed by atoms with Crippen LogP contribution in [0.25, 0.3) is 0 Å². The maximum Gasteiger partial charge on any atom is 0.324 e. The summed E-state index contributed by atoms with van der Waals surface area (Å²) in [4.78, 5) is 23.5. The Balaban J connectivity index is 2.21. The molecule has 0 saturated carbocycles. The third kappa shape index (κ3) is 0.780. The van der Waals surface area contributed by atoms with Gasteiger partial charge in [-0.1, -0.05) is 0 Å². The molecule has 0 bridgehead atoms. The van der Waals surface area contributed by atoms with Gasteiger partial charge in [-0.3, -0.25) is 10.1 Å². The molecule has 2 saturated heterocycles. The van der Waals surface area contributed by atoms with E-state index in [2.05, 4.69) is 11.4 Å². The number of carbonyl (C=O) groups excluding carboxylic acids is 2. The van der Waals surface area contributed by atoms with Crippen molar-refractivity contribution in [1.29, 1.82) is 5.26 Å². The molecule has 0 radical (unpaired) electrons. The van der Waals surface area contributed by atoms with E-state index in [9.17, 15) is 9.59 Å². The number of hydrogen-bond donors (Lipinski definition) is 1. The molecular formula is C7H7N3O2. The highest BCUT2D eigenvalue weighted by atomic mass is 16.2. The highest BCUT2D eigenvalue weighted by molar-refractivity contribution is 6.04. The van der Waals surface area contributed by atoms with Crippen LogP contribution >= 0.6 is 0 Å². The monoisotopic (exact) mass is 165 g/mol. The molecule has 2 unspecified atom stereocenters. The molecule has 5 nitrogen and oxygen atoms in total. The Labute approximate surface area is 68.9 Å². The van der Waals surface area contributed by atoms with Gasteiger partial charge in [-0.15, -0.1) is 0 Å². The summed E-state index contributed by atoms with van der Waals surface area (Å²) in [6.45, 7) is 0.388. The number of hydrogen-bond acceptors (Lipinski definition) is 3. The topological polar surface area (TPSA) is 73.2 Å². The van der Waals surface area contributed by atoms with Crippen molar-refractivity contribution in [3.05, 3.63) is 0 Å². The summed E-state index contributed by atoms with van der Waals surface area (Å²) in [7, 11) is 0. The molecule has 2 aliphatic rings. The summed E-state index contributed by atoms with van der Waals surface area (Å²) < 4.78 is 0. The fourth-order valence-electron chi connectivity index (χ4n) is 1.66. The second kappa shape index (κ2) is 2.21. The zero-order valence-electron chi connectivity index (χ0n) is 6.28. The molecule has 0 aliphatic carbocycles. The summed E-state index contributed by atoms with van der Waals surface area (Å²) in [5.41, 5.74) is 0. The molecule has 62 valence electrons. The molecule has 2 aliphatic heterocycles. The van der Waals surface area contributed by atoms with E-state index in [-0.39, 0.29) is 23.9 Å². The Morgan fingerprint density at radius 1 is 1.58 bits per heavy atom. The van der Waals surface area contributed by atoms with E-state index in [4.69, 9.17) is 5.26 Å². The van der Waals surface area contributed by atoms with Gasteiger partial charge < -0.3 is 4.90 Å². The molecule has 1 N–H and O–H groups in total. The second-order valence-electron chi connectivity index (χ2n) is 3.02. The van der Waals surface area contributed by atoms with Crippen molar-refractivity contribution in [2.75, 3.05) is 6.54 Å². The number of imide groups is 1. The first-order valence-corrected chi connectivity index (χ1v) is 3.73. The lowest BCUT2D eigenvalue weighted by molar-refractivity contribution is -0.120. The van der Waals surface area contributed by atoms with Gasteiger partial charge in [0, 0.05) is 6.54 Å². The minimum Gasteiger partial charge on any atom is -0.311 e. The van der Waals surface area contributed by atoms with Gasteiger partial charge in [0.15, 0.2) is 0 Å². The number of urea groups is 1. The van der Waals surface area contributed by atoms with Crippen LogP contribution in [0, 0.1) is 17.2 Å². The average Bonchev–Trinajstić information content (AvgIpc) is 2.55. The average molecular weight is 165 g/mol. The first-order chi connectivity index (χ1) is 5.72. The Morgan fingerprint density at radius 2 is 2.33 bits per heavy atom. The number of fused-ring (bicyclic) bond motifs is 1. The van der Waals surface area contributed by atoms with Crippen LogP contribution in [0.1, 0.15) is 6.42 Å². The molecule has 2 heterocycles. The van der Waals surface area contributed by atoms with Gasteiger partial charge in [-0.2, -0.15) is 5.26 Å². The van der Waals surface area contributed by atoms with Crippen molar-refractivity contribution in [3.8, 4) is 6.07 Å². The molecule has 0 aromatic rings. The largest absolute Gasteiger partial charge is 0.324 e. The van der Waals surface area contributed by atoms with Crippen LogP contribution < -0.4 is 5.32 Å². The van der Waals surface area contributed by atoms with E-state index < -0.39 is 0 Å². The van der Waals surface area contributed by atoms with E-state index in [1.54, 1.807) is 0 Å². The molecular weight excluding hydrogens is 158 g/mol. The minimum absolute atomic E-state index is 0.176. The third-order valence-corrected chi connectivity index (χ3v) is 2.28.